The number of benzene rings is 1. The molecule has 0 bridgehead atoms. The lowest BCUT2D eigenvalue weighted by molar-refractivity contribution is 0.0788. The van der Waals surface area contributed by atoms with Crippen molar-refractivity contribution in [2.24, 2.45) is 0 Å². The molecule has 1 saturated heterocycles. The molecule has 0 aliphatic carbocycles. The second-order valence-corrected chi connectivity index (χ2v) is 5.51. The maximum absolute atomic E-state index is 14.3. The van der Waals surface area contributed by atoms with Crippen molar-refractivity contribution in [3.63, 3.8) is 0 Å². The first-order valence-electron chi connectivity index (χ1n) is 7.87. The zero-order valence-electron chi connectivity index (χ0n) is 13.1. The zero-order valence-corrected chi connectivity index (χ0v) is 13.1. The topological polar surface area (TPSA) is 42.4 Å². The SMILES string of the molecule is CCOc1ccc(-c2ccc(C(=O)N3CCCC3)c(F)c2)nc1. The number of likely N-dealkylation sites (tertiary alicyclic amines) is 1. The number of hydrogen-bond acceptors (Lipinski definition) is 3. The van der Waals surface area contributed by atoms with Gasteiger partial charge in [-0.25, -0.2) is 4.39 Å². The fourth-order valence-electron chi connectivity index (χ4n) is 2.74. The summed E-state index contributed by atoms with van der Waals surface area (Å²) in [7, 11) is 0. The molecule has 0 atom stereocenters. The van der Waals surface area contributed by atoms with Gasteiger partial charge in [0.2, 0.25) is 0 Å². The number of hydrogen-bond donors (Lipinski definition) is 0. The first-order valence-corrected chi connectivity index (χ1v) is 7.87. The van der Waals surface area contributed by atoms with Crippen LogP contribution in [-0.4, -0.2) is 35.5 Å². The molecule has 2 heterocycles. The molecule has 1 aliphatic rings. The Hall–Kier alpha value is -2.43. The van der Waals surface area contributed by atoms with Crippen molar-refractivity contribution < 1.29 is 13.9 Å². The average molecular weight is 314 g/mol. The summed E-state index contributed by atoms with van der Waals surface area (Å²) >= 11 is 0. The maximum Gasteiger partial charge on any atom is 0.256 e. The lowest BCUT2D eigenvalue weighted by atomic mass is 10.1. The highest BCUT2D eigenvalue weighted by Gasteiger charge is 2.22. The van der Waals surface area contributed by atoms with Crippen LogP contribution < -0.4 is 4.74 Å². The van der Waals surface area contributed by atoms with E-state index in [0.29, 0.717) is 36.7 Å². The van der Waals surface area contributed by atoms with Gasteiger partial charge in [0, 0.05) is 18.7 Å². The first-order chi connectivity index (χ1) is 11.2. The molecule has 5 heteroatoms. The fourth-order valence-corrected chi connectivity index (χ4v) is 2.74. The van der Waals surface area contributed by atoms with E-state index in [1.807, 2.05) is 6.92 Å². The van der Waals surface area contributed by atoms with Crippen LogP contribution in [0.5, 0.6) is 5.75 Å². The number of rotatable bonds is 4. The summed E-state index contributed by atoms with van der Waals surface area (Å²) in [6, 6.07) is 8.22. The second-order valence-electron chi connectivity index (χ2n) is 5.51. The van der Waals surface area contributed by atoms with Crippen LogP contribution in [0.1, 0.15) is 30.1 Å². The van der Waals surface area contributed by atoms with Crippen LogP contribution in [0, 0.1) is 5.82 Å². The Bertz CT molecular complexity index is 695. The Labute approximate surface area is 134 Å². The summed E-state index contributed by atoms with van der Waals surface area (Å²) in [4.78, 5) is 18.3. The highest BCUT2D eigenvalue weighted by atomic mass is 19.1. The molecule has 1 amide bonds. The second kappa shape index (κ2) is 6.77. The Kier molecular flexibility index (Phi) is 4.55. The Morgan fingerprint density at radius 1 is 1.26 bits per heavy atom. The van der Waals surface area contributed by atoms with Crippen LogP contribution in [0.4, 0.5) is 4.39 Å². The molecule has 0 saturated carbocycles. The number of halogens is 1. The number of aromatic nitrogens is 1. The van der Waals surface area contributed by atoms with Gasteiger partial charge >= 0.3 is 0 Å². The number of carbonyl (C=O) groups is 1. The van der Waals surface area contributed by atoms with Crippen LogP contribution >= 0.6 is 0 Å². The number of pyridine rings is 1. The molecule has 1 fully saturated rings. The van der Waals surface area contributed by atoms with Crippen LogP contribution in [0.2, 0.25) is 0 Å². The third-order valence-corrected chi connectivity index (χ3v) is 3.94. The Morgan fingerprint density at radius 3 is 2.65 bits per heavy atom. The third-order valence-electron chi connectivity index (χ3n) is 3.94. The minimum Gasteiger partial charge on any atom is -0.492 e. The summed E-state index contributed by atoms with van der Waals surface area (Å²) < 4.78 is 19.7. The van der Waals surface area contributed by atoms with Crippen molar-refractivity contribution in [1.82, 2.24) is 9.88 Å². The van der Waals surface area contributed by atoms with Gasteiger partial charge in [0.25, 0.3) is 5.91 Å². The van der Waals surface area contributed by atoms with Crippen LogP contribution in [0.3, 0.4) is 0 Å². The van der Waals surface area contributed by atoms with E-state index in [2.05, 4.69) is 4.98 Å². The number of carbonyl (C=O) groups excluding carboxylic acids is 1. The number of nitrogens with zero attached hydrogens (tertiary/aromatic N) is 2. The molecule has 0 N–H and O–H groups in total. The quantitative estimate of drug-likeness (QED) is 0.867. The lowest BCUT2D eigenvalue weighted by Gasteiger charge is -2.16. The van der Waals surface area contributed by atoms with E-state index in [1.54, 1.807) is 35.4 Å². The molecule has 0 unspecified atom stereocenters. The van der Waals surface area contributed by atoms with Crippen LogP contribution in [0.15, 0.2) is 36.5 Å². The average Bonchev–Trinajstić information content (AvgIpc) is 3.10. The molecule has 0 radical (unpaired) electrons. The van der Waals surface area contributed by atoms with Gasteiger partial charge in [-0.15, -0.1) is 0 Å². The van der Waals surface area contributed by atoms with E-state index < -0.39 is 5.82 Å². The van der Waals surface area contributed by atoms with E-state index >= 15 is 0 Å². The minimum absolute atomic E-state index is 0.126. The van der Waals surface area contributed by atoms with Crippen molar-refractivity contribution in [3.8, 4) is 17.0 Å². The largest absolute Gasteiger partial charge is 0.492 e. The molecule has 1 aromatic carbocycles. The molecule has 1 aromatic heterocycles. The molecule has 2 aromatic rings. The standard InChI is InChI=1S/C18H19FN2O2/c1-2-23-14-6-8-17(20-12-14)13-5-7-15(16(19)11-13)18(22)21-9-3-4-10-21/h5-8,11-12H,2-4,9-10H2,1H3. The van der Waals surface area contributed by atoms with E-state index in [-0.39, 0.29) is 11.5 Å². The van der Waals surface area contributed by atoms with Gasteiger partial charge < -0.3 is 9.64 Å². The normalized spacial score (nSPS) is 14.1. The molecule has 4 nitrogen and oxygen atoms in total. The van der Waals surface area contributed by atoms with Crippen molar-refractivity contribution in [3.05, 3.63) is 47.9 Å². The highest BCUT2D eigenvalue weighted by Crippen LogP contribution is 2.23. The van der Waals surface area contributed by atoms with Gasteiger partial charge in [-0.1, -0.05) is 6.07 Å². The molecular weight excluding hydrogens is 295 g/mol. The Balaban J connectivity index is 1.82. The van der Waals surface area contributed by atoms with Crippen molar-refractivity contribution in [1.29, 1.82) is 0 Å². The molecule has 0 spiro atoms. The maximum atomic E-state index is 14.3. The smallest absolute Gasteiger partial charge is 0.256 e. The van der Waals surface area contributed by atoms with Crippen LogP contribution in [-0.2, 0) is 0 Å². The number of amides is 1. The van der Waals surface area contributed by atoms with Gasteiger partial charge in [-0.2, -0.15) is 0 Å². The molecule has 120 valence electrons. The van der Waals surface area contributed by atoms with Gasteiger partial charge in [-0.3, -0.25) is 9.78 Å². The summed E-state index contributed by atoms with van der Waals surface area (Å²) in [5.74, 6) is -0.0566. The van der Waals surface area contributed by atoms with Gasteiger partial charge in [0.05, 0.1) is 24.1 Å². The Morgan fingerprint density at radius 2 is 2.04 bits per heavy atom. The highest BCUT2D eigenvalue weighted by molar-refractivity contribution is 5.95. The summed E-state index contributed by atoms with van der Waals surface area (Å²) in [5, 5.41) is 0. The number of ether oxygens (including phenoxy) is 1. The molecule has 23 heavy (non-hydrogen) atoms. The summed E-state index contributed by atoms with van der Waals surface area (Å²) in [6.45, 7) is 3.89. The predicted octanol–water partition coefficient (Wildman–Crippen LogP) is 3.52. The van der Waals surface area contributed by atoms with E-state index in [9.17, 15) is 9.18 Å². The van der Waals surface area contributed by atoms with E-state index in [0.717, 1.165) is 12.8 Å². The van der Waals surface area contributed by atoms with Crippen molar-refractivity contribution in [2.75, 3.05) is 19.7 Å². The first kappa shape index (κ1) is 15.5. The monoisotopic (exact) mass is 314 g/mol. The lowest BCUT2D eigenvalue weighted by Crippen LogP contribution is -2.28. The van der Waals surface area contributed by atoms with E-state index in [4.69, 9.17) is 4.74 Å². The van der Waals surface area contributed by atoms with E-state index in [1.165, 1.54) is 6.07 Å². The van der Waals surface area contributed by atoms with Gasteiger partial charge in [0.1, 0.15) is 11.6 Å². The van der Waals surface area contributed by atoms with Gasteiger partial charge in [-0.05, 0) is 44.0 Å². The van der Waals surface area contributed by atoms with Gasteiger partial charge in [0.15, 0.2) is 0 Å². The molecule has 1 aliphatic heterocycles. The van der Waals surface area contributed by atoms with Crippen LogP contribution in [0.25, 0.3) is 11.3 Å². The summed E-state index contributed by atoms with van der Waals surface area (Å²) in [5.41, 5.74) is 1.41. The summed E-state index contributed by atoms with van der Waals surface area (Å²) in [6.07, 6.45) is 3.59. The molecular formula is C18H19FN2O2. The predicted molar refractivity (Wildman–Crippen MR) is 85.9 cm³/mol. The molecule has 3 rings (SSSR count). The van der Waals surface area contributed by atoms with Crippen molar-refractivity contribution in [2.45, 2.75) is 19.8 Å². The third kappa shape index (κ3) is 3.33. The fraction of sp³-hybridized carbons (Fsp3) is 0.333. The minimum atomic E-state index is -0.505. The van der Waals surface area contributed by atoms with Crippen molar-refractivity contribution >= 4 is 5.91 Å². The zero-order chi connectivity index (χ0) is 16.2.